The van der Waals surface area contributed by atoms with Gasteiger partial charge in [-0.25, -0.2) is 10.1 Å². The summed E-state index contributed by atoms with van der Waals surface area (Å²) < 4.78 is 54.9. The second kappa shape index (κ2) is 6.20. The Balaban J connectivity index is 1.85. The summed E-state index contributed by atoms with van der Waals surface area (Å²) >= 11 is 11.5. The van der Waals surface area contributed by atoms with E-state index in [0.29, 0.717) is 0 Å². The fourth-order valence-electron chi connectivity index (χ4n) is 1.99. The lowest BCUT2D eigenvalue weighted by atomic mass is 10.3. The van der Waals surface area contributed by atoms with Crippen molar-refractivity contribution in [3.05, 3.63) is 52.5 Å². The zero-order valence-electron chi connectivity index (χ0n) is 12.1. The van der Waals surface area contributed by atoms with Gasteiger partial charge in [0.25, 0.3) is 0 Å². The molecular formula is C15H8Cl2F3NO4. The molecule has 1 aliphatic heterocycles. The number of rotatable bonds is 2. The molecule has 5 nitrogen and oxygen atoms in total. The third kappa shape index (κ3) is 3.40. The predicted octanol–water partition coefficient (Wildman–Crippen LogP) is 4.77. The molecule has 0 aliphatic carbocycles. The number of hydrogen-bond acceptors (Lipinski definition) is 4. The number of amides is 1. The highest BCUT2D eigenvalue weighted by atomic mass is 35.5. The molecule has 0 bridgehead atoms. The van der Waals surface area contributed by atoms with Gasteiger partial charge in [0, 0.05) is 12.1 Å². The molecule has 132 valence electrons. The summed E-state index contributed by atoms with van der Waals surface area (Å²) in [4.78, 5) is 11.9. The number of fused-ring (bicyclic) bond motifs is 1. The van der Waals surface area contributed by atoms with Crippen LogP contribution in [0.3, 0.4) is 0 Å². The molecule has 1 aliphatic rings. The Morgan fingerprint density at radius 1 is 1.04 bits per heavy atom. The second-order valence-electron chi connectivity index (χ2n) is 4.86. The number of hydrogen-bond donors (Lipinski definition) is 1. The Labute approximate surface area is 149 Å². The van der Waals surface area contributed by atoms with Gasteiger partial charge in [-0.1, -0.05) is 41.4 Å². The Morgan fingerprint density at radius 3 is 2.04 bits per heavy atom. The first kappa shape index (κ1) is 17.5. The van der Waals surface area contributed by atoms with Gasteiger partial charge in [0.15, 0.2) is 11.5 Å². The molecule has 3 rings (SSSR count). The van der Waals surface area contributed by atoms with E-state index in [9.17, 15) is 18.0 Å². The predicted molar refractivity (Wildman–Crippen MR) is 82.1 cm³/mol. The van der Waals surface area contributed by atoms with E-state index >= 15 is 0 Å². The summed E-state index contributed by atoms with van der Waals surface area (Å²) in [6.07, 6.45) is -6.55. The zero-order valence-corrected chi connectivity index (χ0v) is 13.6. The van der Waals surface area contributed by atoms with Crippen molar-refractivity contribution in [3.8, 4) is 17.2 Å². The van der Waals surface area contributed by atoms with Crippen LogP contribution in [-0.4, -0.2) is 18.2 Å². The fourth-order valence-corrected chi connectivity index (χ4v) is 2.30. The van der Waals surface area contributed by atoms with Crippen LogP contribution in [0, 0.1) is 0 Å². The monoisotopic (exact) mass is 393 g/mol. The molecule has 1 heterocycles. The molecule has 0 spiro atoms. The minimum atomic E-state index is -5.12. The quantitative estimate of drug-likeness (QED) is 0.798. The van der Waals surface area contributed by atoms with Crippen molar-refractivity contribution in [1.82, 2.24) is 5.32 Å². The number of carbonyl (C=O) groups is 1. The SMILES string of the molecule is O=C(NC1(C(F)(F)F)Oc2cc(Cl)c(Cl)cc2O1)Oc1ccccc1. The number of nitrogens with one attached hydrogen (secondary N) is 1. The fraction of sp³-hybridized carbons (Fsp3) is 0.133. The van der Waals surface area contributed by atoms with Gasteiger partial charge in [-0.3, -0.25) is 0 Å². The van der Waals surface area contributed by atoms with Gasteiger partial charge < -0.3 is 14.2 Å². The highest BCUT2D eigenvalue weighted by Gasteiger charge is 2.66. The van der Waals surface area contributed by atoms with Crippen molar-refractivity contribution in [2.45, 2.75) is 12.1 Å². The Kier molecular flexibility index (Phi) is 4.34. The molecule has 0 atom stereocenters. The third-order valence-electron chi connectivity index (χ3n) is 3.09. The van der Waals surface area contributed by atoms with Gasteiger partial charge in [0.05, 0.1) is 10.0 Å². The molecule has 0 aromatic heterocycles. The summed E-state index contributed by atoms with van der Waals surface area (Å²) in [5, 5.41) is 1.48. The maximum atomic E-state index is 13.5. The Hall–Kier alpha value is -2.32. The van der Waals surface area contributed by atoms with Crippen LogP contribution in [0.2, 0.25) is 10.0 Å². The van der Waals surface area contributed by atoms with Crippen LogP contribution in [0.15, 0.2) is 42.5 Å². The highest BCUT2D eigenvalue weighted by Crippen LogP contribution is 2.47. The van der Waals surface area contributed by atoms with Gasteiger partial charge in [0.2, 0.25) is 0 Å². The molecule has 0 saturated carbocycles. The van der Waals surface area contributed by atoms with Gasteiger partial charge >= 0.3 is 18.2 Å². The van der Waals surface area contributed by atoms with Crippen molar-refractivity contribution >= 4 is 29.3 Å². The largest absolute Gasteiger partial charge is 0.492 e. The van der Waals surface area contributed by atoms with Gasteiger partial charge in [-0.15, -0.1) is 0 Å². The first-order chi connectivity index (χ1) is 11.7. The number of alkyl halides is 3. The lowest BCUT2D eigenvalue weighted by Crippen LogP contribution is -2.65. The van der Waals surface area contributed by atoms with Gasteiger partial charge in [-0.2, -0.15) is 13.2 Å². The number of benzene rings is 2. The lowest BCUT2D eigenvalue weighted by Gasteiger charge is -2.29. The van der Waals surface area contributed by atoms with Crippen molar-refractivity contribution in [2.24, 2.45) is 0 Å². The number of halogens is 5. The summed E-state index contributed by atoms with van der Waals surface area (Å²) in [5.74, 6) is -4.08. The number of carbonyl (C=O) groups excluding carboxylic acids is 1. The van der Waals surface area contributed by atoms with Crippen LogP contribution in [0.4, 0.5) is 18.0 Å². The summed E-state index contributed by atoms with van der Waals surface area (Å²) in [6.45, 7) is 0. The average Bonchev–Trinajstić information content (AvgIpc) is 2.86. The summed E-state index contributed by atoms with van der Waals surface area (Å²) in [7, 11) is 0. The van der Waals surface area contributed by atoms with E-state index < -0.39 is 18.2 Å². The van der Waals surface area contributed by atoms with Crippen LogP contribution in [0.5, 0.6) is 17.2 Å². The first-order valence-electron chi connectivity index (χ1n) is 6.69. The second-order valence-corrected chi connectivity index (χ2v) is 5.67. The number of ether oxygens (including phenoxy) is 3. The van der Waals surface area contributed by atoms with E-state index in [1.165, 1.54) is 12.1 Å². The van der Waals surface area contributed by atoms with Crippen LogP contribution < -0.4 is 19.5 Å². The van der Waals surface area contributed by atoms with E-state index in [2.05, 4.69) is 0 Å². The van der Waals surface area contributed by atoms with Gasteiger partial charge in [0.1, 0.15) is 5.75 Å². The minimum Gasteiger partial charge on any atom is -0.424 e. The average molecular weight is 394 g/mol. The highest BCUT2D eigenvalue weighted by molar-refractivity contribution is 6.42. The van der Waals surface area contributed by atoms with Crippen LogP contribution in [0.1, 0.15) is 0 Å². The minimum absolute atomic E-state index is 0.0335. The third-order valence-corrected chi connectivity index (χ3v) is 3.81. The smallest absolute Gasteiger partial charge is 0.424 e. The summed E-state index contributed by atoms with van der Waals surface area (Å²) in [6, 6.07) is 9.63. The molecule has 2 aromatic rings. The van der Waals surface area contributed by atoms with Crippen molar-refractivity contribution in [1.29, 1.82) is 0 Å². The lowest BCUT2D eigenvalue weighted by molar-refractivity contribution is -0.318. The standard InChI is InChI=1S/C15H8Cl2F3NO4/c16-9-6-11-12(7-10(9)17)25-15(24-11,14(18,19)20)21-13(22)23-8-4-2-1-3-5-8/h1-7H,(H,21,22). The number of para-hydroxylation sites is 1. The zero-order chi connectivity index (χ0) is 18.2. The van der Waals surface area contributed by atoms with Crippen LogP contribution in [0.25, 0.3) is 0 Å². The molecule has 10 heteroatoms. The molecule has 1 N–H and O–H groups in total. The normalized spacial score (nSPS) is 14.9. The molecule has 0 radical (unpaired) electrons. The molecule has 0 saturated heterocycles. The van der Waals surface area contributed by atoms with Crippen LogP contribution in [-0.2, 0) is 0 Å². The summed E-state index contributed by atoms with van der Waals surface area (Å²) in [5.41, 5.74) is 0. The van der Waals surface area contributed by atoms with E-state index in [-0.39, 0.29) is 27.3 Å². The van der Waals surface area contributed by atoms with Crippen molar-refractivity contribution in [3.63, 3.8) is 0 Å². The van der Waals surface area contributed by atoms with Crippen molar-refractivity contribution in [2.75, 3.05) is 0 Å². The Morgan fingerprint density at radius 2 is 1.56 bits per heavy atom. The molecular weight excluding hydrogens is 386 g/mol. The van der Waals surface area contributed by atoms with E-state index in [4.69, 9.17) is 37.4 Å². The molecule has 0 fully saturated rings. The van der Waals surface area contributed by atoms with E-state index in [1.54, 1.807) is 23.5 Å². The maximum absolute atomic E-state index is 13.5. The van der Waals surface area contributed by atoms with Crippen LogP contribution >= 0.6 is 23.2 Å². The first-order valence-corrected chi connectivity index (χ1v) is 7.45. The van der Waals surface area contributed by atoms with E-state index in [0.717, 1.165) is 12.1 Å². The topological polar surface area (TPSA) is 56.8 Å². The molecule has 2 aromatic carbocycles. The molecule has 1 amide bonds. The van der Waals surface area contributed by atoms with E-state index in [1.807, 2.05) is 0 Å². The maximum Gasteiger partial charge on any atom is 0.492 e. The Bertz CT molecular complexity index is 783. The van der Waals surface area contributed by atoms with Gasteiger partial charge in [-0.05, 0) is 12.1 Å². The molecule has 0 unspecified atom stereocenters. The molecule has 25 heavy (non-hydrogen) atoms. The van der Waals surface area contributed by atoms with Crippen molar-refractivity contribution < 1.29 is 32.2 Å².